The van der Waals surface area contributed by atoms with E-state index in [4.69, 9.17) is 4.74 Å². The molecule has 0 amide bonds. The lowest BCUT2D eigenvalue weighted by Crippen LogP contribution is -2.04. The molecular weight excluding hydrogens is 246 g/mol. The number of benzene rings is 1. The van der Waals surface area contributed by atoms with Crippen LogP contribution in [0.3, 0.4) is 0 Å². The maximum atomic E-state index is 5.81. The Labute approximate surface area is 111 Å². The predicted octanol–water partition coefficient (Wildman–Crippen LogP) is 3.17. The highest BCUT2D eigenvalue weighted by Crippen LogP contribution is 2.31. The molecule has 0 unspecified atom stereocenters. The molecule has 1 aromatic heterocycles. The van der Waals surface area contributed by atoms with Gasteiger partial charge >= 0.3 is 0 Å². The van der Waals surface area contributed by atoms with Crippen molar-refractivity contribution in [3.8, 4) is 10.9 Å². The average Bonchev–Trinajstić information content (AvgIpc) is 2.77. The second-order valence-electron chi connectivity index (χ2n) is 4.29. The second kappa shape index (κ2) is 5.93. The first-order valence-corrected chi connectivity index (χ1v) is 6.76. The third-order valence-electron chi connectivity index (χ3n) is 2.51. The highest BCUT2D eigenvalue weighted by molar-refractivity contribution is 7.13. The summed E-state index contributed by atoms with van der Waals surface area (Å²) in [5, 5.41) is 12.7. The summed E-state index contributed by atoms with van der Waals surface area (Å²) in [4.78, 5) is 0. The molecule has 0 bridgehead atoms. The Hall–Kier alpha value is -1.46. The number of nitrogens with one attached hydrogen (secondary N) is 1. The molecule has 0 saturated heterocycles. The summed E-state index contributed by atoms with van der Waals surface area (Å²) < 4.78 is 5.81. The van der Waals surface area contributed by atoms with Crippen LogP contribution in [0.5, 0.6) is 10.9 Å². The third-order valence-corrected chi connectivity index (χ3v) is 3.32. The van der Waals surface area contributed by atoms with E-state index < -0.39 is 0 Å². The molecule has 0 aliphatic heterocycles. The van der Waals surface area contributed by atoms with E-state index in [2.05, 4.69) is 35.4 Å². The number of aromatic nitrogens is 2. The fourth-order valence-corrected chi connectivity index (χ4v) is 2.36. The van der Waals surface area contributed by atoms with Crippen LogP contribution in [0.4, 0.5) is 0 Å². The highest BCUT2D eigenvalue weighted by atomic mass is 32.1. The number of ether oxygens (including phenoxy) is 1. The summed E-state index contributed by atoms with van der Waals surface area (Å²) in [5.74, 6) is 1.28. The minimum atomic E-state index is 0.422. The number of rotatable bonds is 5. The lowest BCUT2D eigenvalue weighted by Gasteiger charge is -2.11. The fraction of sp³-hybridized carbons (Fsp3) is 0.385. The third kappa shape index (κ3) is 3.05. The SMILES string of the molecule is CNCc1nnc(Oc2ccccc2C(C)C)s1. The first-order valence-electron chi connectivity index (χ1n) is 5.94. The predicted molar refractivity (Wildman–Crippen MR) is 73.3 cm³/mol. The summed E-state index contributed by atoms with van der Waals surface area (Å²) in [6.45, 7) is 5.01. The largest absolute Gasteiger partial charge is 0.429 e. The smallest absolute Gasteiger partial charge is 0.299 e. The van der Waals surface area contributed by atoms with Crippen LogP contribution in [-0.2, 0) is 6.54 Å². The van der Waals surface area contributed by atoms with Gasteiger partial charge in [-0.15, -0.1) is 5.10 Å². The number of hydrogen-bond acceptors (Lipinski definition) is 5. The maximum Gasteiger partial charge on any atom is 0.299 e. The van der Waals surface area contributed by atoms with E-state index in [1.165, 1.54) is 16.9 Å². The van der Waals surface area contributed by atoms with E-state index in [-0.39, 0.29) is 0 Å². The van der Waals surface area contributed by atoms with Crippen molar-refractivity contribution in [2.75, 3.05) is 7.05 Å². The lowest BCUT2D eigenvalue weighted by atomic mass is 10.0. The summed E-state index contributed by atoms with van der Waals surface area (Å²) in [7, 11) is 1.88. The molecule has 0 aliphatic carbocycles. The summed E-state index contributed by atoms with van der Waals surface area (Å²) >= 11 is 1.47. The lowest BCUT2D eigenvalue weighted by molar-refractivity contribution is 0.464. The number of hydrogen-bond donors (Lipinski definition) is 1. The normalized spacial score (nSPS) is 10.9. The Morgan fingerprint density at radius 2 is 2.06 bits per heavy atom. The Balaban J connectivity index is 2.17. The molecule has 4 nitrogen and oxygen atoms in total. The van der Waals surface area contributed by atoms with Gasteiger partial charge in [-0.3, -0.25) is 0 Å². The van der Waals surface area contributed by atoms with Gasteiger partial charge in [0.05, 0.1) is 0 Å². The molecule has 0 aliphatic rings. The fourth-order valence-electron chi connectivity index (χ4n) is 1.65. The van der Waals surface area contributed by atoms with Crippen LogP contribution in [0.15, 0.2) is 24.3 Å². The molecule has 0 radical (unpaired) electrons. The first-order chi connectivity index (χ1) is 8.70. The van der Waals surface area contributed by atoms with Crippen molar-refractivity contribution < 1.29 is 4.74 Å². The molecule has 1 aromatic carbocycles. The standard InChI is InChI=1S/C13H17N3OS/c1-9(2)10-6-4-5-7-11(10)17-13-16-15-12(18-13)8-14-3/h4-7,9,14H,8H2,1-3H3. The van der Waals surface area contributed by atoms with Crippen molar-refractivity contribution in [3.05, 3.63) is 34.8 Å². The van der Waals surface area contributed by atoms with E-state index in [1.54, 1.807) is 0 Å². The molecule has 5 heteroatoms. The molecule has 0 saturated carbocycles. The maximum absolute atomic E-state index is 5.81. The zero-order valence-electron chi connectivity index (χ0n) is 10.8. The monoisotopic (exact) mass is 263 g/mol. The molecule has 2 rings (SSSR count). The summed E-state index contributed by atoms with van der Waals surface area (Å²) in [5.41, 5.74) is 1.18. The van der Waals surface area contributed by atoms with Crippen LogP contribution in [0, 0.1) is 0 Å². The zero-order valence-corrected chi connectivity index (χ0v) is 11.6. The minimum absolute atomic E-state index is 0.422. The molecule has 0 spiro atoms. The van der Waals surface area contributed by atoms with Crippen LogP contribution < -0.4 is 10.1 Å². The second-order valence-corrected chi connectivity index (χ2v) is 5.31. The van der Waals surface area contributed by atoms with Crippen molar-refractivity contribution >= 4 is 11.3 Å². The number of nitrogens with zero attached hydrogens (tertiary/aromatic N) is 2. The van der Waals surface area contributed by atoms with Gasteiger partial charge in [0.2, 0.25) is 0 Å². The van der Waals surface area contributed by atoms with Gasteiger partial charge in [-0.25, -0.2) is 0 Å². The minimum Gasteiger partial charge on any atom is -0.429 e. The highest BCUT2D eigenvalue weighted by Gasteiger charge is 2.10. The Kier molecular flexibility index (Phi) is 4.28. The average molecular weight is 263 g/mol. The summed E-state index contributed by atoms with van der Waals surface area (Å²) in [6, 6.07) is 8.04. The Morgan fingerprint density at radius 3 is 2.78 bits per heavy atom. The van der Waals surface area contributed by atoms with Crippen molar-refractivity contribution in [3.63, 3.8) is 0 Å². The van der Waals surface area contributed by atoms with Crippen LogP contribution in [0.25, 0.3) is 0 Å². The van der Waals surface area contributed by atoms with Gasteiger partial charge in [-0.2, -0.15) is 0 Å². The van der Waals surface area contributed by atoms with Gasteiger partial charge in [0.15, 0.2) is 0 Å². The molecule has 1 N–H and O–H groups in total. The van der Waals surface area contributed by atoms with Gasteiger partial charge in [-0.05, 0) is 24.6 Å². The van der Waals surface area contributed by atoms with Gasteiger partial charge < -0.3 is 10.1 Å². The molecular formula is C13H17N3OS. The molecule has 96 valence electrons. The van der Waals surface area contributed by atoms with E-state index in [0.29, 0.717) is 17.7 Å². The Morgan fingerprint density at radius 1 is 1.28 bits per heavy atom. The molecule has 18 heavy (non-hydrogen) atoms. The van der Waals surface area contributed by atoms with Gasteiger partial charge in [-0.1, -0.05) is 48.5 Å². The molecule has 2 aromatic rings. The van der Waals surface area contributed by atoms with E-state index in [0.717, 1.165) is 10.8 Å². The first kappa shape index (κ1) is 13.0. The van der Waals surface area contributed by atoms with Crippen molar-refractivity contribution in [2.24, 2.45) is 0 Å². The quantitative estimate of drug-likeness (QED) is 0.900. The van der Waals surface area contributed by atoms with E-state index >= 15 is 0 Å². The van der Waals surface area contributed by atoms with Crippen molar-refractivity contribution in [1.29, 1.82) is 0 Å². The van der Waals surface area contributed by atoms with Crippen LogP contribution >= 0.6 is 11.3 Å². The van der Waals surface area contributed by atoms with E-state index in [1.807, 2.05) is 25.2 Å². The van der Waals surface area contributed by atoms with Crippen LogP contribution in [-0.4, -0.2) is 17.2 Å². The number of para-hydroxylation sites is 1. The topological polar surface area (TPSA) is 47.0 Å². The van der Waals surface area contributed by atoms with Gasteiger partial charge in [0.25, 0.3) is 5.19 Å². The zero-order chi connectivity index (χ0) is 13.0. The molecule has 0 atom stereocenters. The van der Waals surface area contributed by atoms with Crippen LogP contribution in [0.1, 0.15) is 30.3 Å². The van der Waals surface area contributed by atoms with Crippen LogP contribution in [0.2, 0.25) is 0 Å². The van der Waals surface area contributed by atoms with E-state index in [9.17, 15) is 0 Å². The van der Waals surface area contributed by atoms with Crippen molar-refractivity contribution in [2.45, 2.75) is 26.3 Å². The summed E-state index contributed by atoms with van der Waals surface area (Å²) in [6.07, 6.45) is 0. The van der Waals surface area contributed by atoms with Gasteiger partial charge in [0.1, 0.15) is 10.8 Å². The Bertz CT molecular complexity index is 510. The van der Waals surface area contributed by atoms with Gasteiger partial charge in [0, 0.05) is 6.54 Å². The molecule has 1 heterocycles. The molecule has 0 fully saturated rings. The van der Waals surface area contributed by atoms with Crippen molar-refractivity contribution in [1.82, 2.24) is 15.5 Å².